The van der Waals surface area contributed by atoms with Crippen molar-refractivity contribution >= 4 is 53.4 Å². The molecule has 0 fully saturated rings. The molecule has 0 spiro atoms. The van der Waals surface area contributed by atoms with Crippen LogP contribution in [0.3, 0.4) is 0 Å². The van der Waals surface area contributed by atoms with Gasteiger partial charge < -0.3 is 10.8 Å². The average molecular weight is 264 g/mol. The molecule has 0 radical (unpaired) electrons. The Hall–Kier alpha value is 0.640. The second kappa shape index (κ2) is 8.75. The van der Waals surface area contributed by atoms with E-state index in [2.05, 4.69) is 0 Å². The number of hydrogen-bond acceptors (Lipinski definition) is 4. The van der Waals surface area contributed by atoms with Gasteiger partial charge in [-0.15, -0.1) is 0 Å². The first-order valence-corrected chi connectivity index (χ1v) is 6.51. The van der Waals surface area contributed by atoms with Crippen molar-refractivity contribution < 1.29 is 14.1 Å². The van der Waals surface area contributed by atoms with Gasteiger partial charge >= 0.3 is 43.7 Å². The third-order valence-corrected chi connectivity index (χ3v) is 3.75. The zero-order valence-electron chi connectivity index (χ0n) is 8.36. The third kappa shape index (κ3) is 9.56. The number of nitrogens with one attached hydrogen (secondary N) is 1. The molecule has 2 unspecified atom stereocenters. The minimum atomic E-state index is -2.62. The van der Waals surface area contributed by atoms with Crippen molar-refractivity contribution in [2.75, 3.05) is 11.5 Å². The van der Waals surface area contributed by atoms with Gasteiger partial charge in [-0.25, -0.2) is 4.21 Å². The quantitative estimate of drug-likeness (QED) is 0.550. The van der Waals surface area contributed by atoms with Crippen molar-refractivity contribution in [2.24, 2.45) is 5.73 Å². The summed E-state index contributed by atoms with van der Waals surface area (Å²) in [5, 5.41) is 8.48. The molecule has 0 saturated carbocycles. The number of carbonyl (C=O) groups is 1. The number of nitrogens with two attached hydrogens (primary N) is 1. The van der Waals surface area contributed by atoms with Gasteiger partial charge in [0.2, 0.25) is 0 Å². The summed E-state index contributed by atoms with van der Waals surface area (Å²) in [6, 6.07) is -0.997. The van der Waals surface area contributed by atoms with Crippen molar-refractivity contribution in [3.8, 4) is 0 Å². The molecule has 0 aliphatic rings. The van der Waals surface area contributed by atoms with Gasteiger partial charge in [-0.2, -0.15) is 0 Å². The Bertz CT molecular complexity index is 280. The predicted octanol–water partition coefficient (Wildman–Crippen LogP) is -0.281. The average Bonchev–Trinajstić information content (AvgIpc) is 2.11. The number of unbranched alkanes of at least 4 members (excludes halogenated alkanes) is 1. The van der Waals surface area contributed by atoms with E-state index in [4.69, 9.17) is 15.6 Å². The summed E-state index contributed by atoms with van der Waals surface area (Å²) in [6.07, 6.45) is 1.74. The van der Waals surface area contributed by atoms with Gasteiger partial charge in [0.1, 0.15) is 6.04 Å². The first kappa shape index (κ1) is 18.0. The van der Waals surface area contributed by atoms with Crippen LogP contribution in [0.5, 0.6) is 0 Å². The monoisotopic (exact) mass is 264 g/mol. The zero-order valence-corrected chi connectivity index (χ0v) is 9.18. The Morgan fingerprint density at radius 2 is 2.07 bits per heavy atom. The van der Waals surface area contributed by atoms with Crippen molar-refractivity contribution in [1.82, 2.24) is 0 Å². The summed E-state index contributed by atoms with van der Waals surface area (Å²) >= 11 is 0. The molecule has 4 N–H and O–H groups in total. The van der Waals surface area contributed by atoms with Crippen molar-refractivity contribution in [1.29, 1.82) is 4.78 Å². The molecule has 0 aliphatic heterocycles. The van der Waals surface area contributed by atoms with Crippen LogP contribution < -0.4 is 5.73 Å². The van der Waals surface area contributed by atoms with E-state index in [0.29, 0.717) is 5.75 Å². The SMILES string of the molecule is CCCCS(=N)(=O)CCC(N)C(=O)O.[CaH2]. The van der Waals surface area contributed by atoms with Gasteiger partial charge in [0.05, 0.1) is 0 Å². The van der Waals surface area contributed by atoms with Gasteiger partial charge in [0.15, 0.2) is 0 Å². The Kier molecular flexibility index (Phi) is 10.5. The summed E-state index contributed by atoms with van der Waals surface area (Å²) in [6.45, 7) is 1.96. The van der Waals surface area contributed by atoms with Crippen LogP contribution in [0.1, 0.15) is 26.2 Å². The second-order valence-electron chi connectivity index (χ2n) is 3.31. The minimum absolute atomic E-state index is 0. The van der Waals surface area contributed by atoms with Gasteiger partial charge in [-0.3, -0.25) is 9.57 Å². The predicted molar refractivity (Wildman–Crippen MR) is 64.3 cm³/mol. The van der Waals surface area contributed by atoms with E-state index >= 15 is 0 Å². The molecule has 0 aromatic heterocycles. The molecule has 0 aromatic carbocycles. The van der Waals surface area contributed by atoms with E-state index < -0.39 is 21.7 Å². The first-order valence-electron chi connectivity index (χ1n) is 4.61. The van der Waals surface area contributed by atoms with Crippen LogP contribution in [-0.2, 0) is 14.5 Å². The van der Waals surface area contributed by atoms with Crippen molar-refractivity contribution in [2.45, 2.75) is 32.2 Å². The van der Waals surface area contributed by atoms with Gasteiger partial charge in [-0.1, -0.05) is 13.3 Å². The summed E-state index contributed by atoms with van der Waals surface area (Å²) < 4.78 is 18.9. The fraction of sp³-hybridized carbons (Fsp3) is 0.875. The molecule has 0 rings (SSSR count). The van der Waals surface area contributed by atoms with Crippen molar-refractivity contribution in [3.05, 3.63) is 0 Å². The standard InChI is InChI=1S/C8H18N2O3S.Ca.2H/c1-2-3-5-14(10,13)6-4-7(9)8(11)12;;;/h7,10H,2-6,9H2,1H3,(H,11,12);;;. The van der Waals surface area contributed by atoms with E-state index in [1.165, 1.54) is 0 Å². The molecule has 0 heterocycles. The molecule has 88 valence electrons. The third-order valence-electron chi connectivity index (χ3n) is 1.90. The molecule has 0 saturated heterocycles. The van der Waals surface area contributed by atoms with E-state index in [1.54, 1.807) is 0 Å². The number of carboxylic acid groups (broad SMARTS) is 1. The van der Waals surface area contributed by atoms with E-state index in [-0.39, 0.29) is 49.9 Å². The molecule has 0 aromatic rings. The van der Waals surface area contributed by atoms with E-state index in [9.17, 15) is 9.00 Å². The topological polar surface area (TPSA) is 104 Å². The fourth-order valence-corrected chi connectivity index (χ4v) is 2.51. The molecule has 2 atom stereocenters. The van der Waals surface area contributed by atoms with E-state index in [0.717, 1.165) is 12.8 Å². The molecule has 7 heteroatoms. The van der Waals surface area contributed by atoms with Gasteiger partial charge in [0, 0.05) is 21.2 Å². The first-order chi connectivity index (χ1) is 6.39. The van der Waals surface area contributed by atoms with E-state index in [1.807, 2.05) is 6.92 Å². The Morgan fingerprint density at radius 1 is 1.53 bits per heavy atom. The number of carboxylic acids is 1. The Balaban J connectivity index is 0. The fourth-order valence-electron chi connectivity index (χ4n) is 0.920. The molecule has 0 amide bonds. The maximum absolute atomic E-state index is 11.5. The van der Waals surface area contributed by atoms with Gasteiger partial charge in [-0.05, 0) is 12.8 Å². The van der Waals surface area contributed by atoms with Crippen LogP contribution in [0.25, 0.3) is 0 Å². The molecular weight excluding hydrogens is 244 g/mol. The number of hydrogen-bond donors (Lipinski definition) is 3. The van der Waals surface area contributed by atoms with Crippen LogP contribution in [0.15, 0.2) is 0 Å². The maximum atomic E-state index is 11.5. The van der Waals surface area contributed by atoms with Crippen LogP contribution in [0.2, 0.25) is 0 Å². The number of rotatable bonds is 7. The van der Waals surface area contributed by atoms with Gasteiger partial charge in [0.25, 0.3) is 0 Å². The van der Waals surface area contributed by atoms with Crippen LogP contribution in [0.4, 0.5) is 0 Å². The van der Waals surface area contributed by atoms with Crippen LogP contribution in [0, 0.1) is 4.78 Å². The second-order valence-corrected chi connectivity index (χ2v) is 5.75. The van der Waals surface area contributed by atoms with Crippen LogP contribution in [-0.4, -0.2) is 70.6 Å². The summed E-state index contributed by atoms with van der Waals surface area (Å²) in [7, 11) is -2.62. The Labute approximate surface area is 121 Å². The molecule has 0 aliphatic carbocycles. The van der Waals surface area contributed by atoms with Crippen molar-refractivity contribution in [3.63, 3.8) is 0 Å². The van der Waals surface area contributed by atoms with Crippen LogP contribution >= 0.6 is 0 Å². The summed E-state index contributed by atoms with van der Waals surface area (Å²) in [5.74, 6) is -0.674. The molecule has 5 nitrogen and oxygen atoms in total. The zero-order chi connectivity index (χ0) is 11.2. The number of aliphatic carboxylic acids is 1. The summed E-state index contributed by atoms with van der Waals surface area (Å²) in [5.41, 5.74) is 5.24. The Morgan fingerprint density at radius 3 is 2.47 bits per heavy atom. The normalized spacial score (nSPS) is 16.1. The summed E-state index contributed by atoms with van der Waals surface area (Å²) in [4.78, 5) is 10.4. The molecular formula is C8H20CaN2O3S. The molecule has 0 bridgehead atoms. The molecule has 15 heavy (non-hydrogen) atoms.